The molecule has 0 radical (unpaired) electrons. The van der Waals surface area contributed by atoms with E-state index in [4.69, 9.17) is 0 Å². The molecule has 2 atom stereocenters. The van der Waals surface area contributed by atoms with Crippen LogP contribution in [0.5, 0.6) is 0 Å². The largest absolute Gasteiger partial charge is 0.324 e. The number of nitrogens with one attached hydrogen (secondary N) is 2. The molecule has 1 heterocycles. The van der Waals surface area contributed by atoms with Crippen molar-refractivity contribution in [3.05, 3.63) is 29.3 Å². The highest BCUT2D eigenvalue weighted by Gasteiger charge is 2.25. The second-order valence-electron chi connectivity index (χ2n) is 5.61. The fourth-order valence-electron chi connectivity index (χ4n) is 2.74. The number of hydrogen-bond donors (Lipinski definition) is 2. The third-order valence-electron chi connectivity index (χ3n) is 4.05. The normalized spacial score (nSPS) is 23.1. The van der Waals surface area contributed by atoms with Gasteiger partial charge in [0.2, 0.25) is 5.91 Å². The first kappa shape index (κ1) is 14.1. The molecule has 0 bridgehead atoms. The summed E-state index contributed by atoms with van der Waals surface area (Å²) in [6.45, 7) is 7.25. The minimum atomic E-state index is -0.0422. The summed E-state index contributed by atoms with van der Waals surface area (Å²) in [4.78, 5) is 12.3. The molecule has 0 aromatic heterocycles. The smallest absolute Gasteiger partial charge is 0.241 e. The SMILES string of the molecule is CCC1CCNC(C(=O)Nc2ccc(C)cc2C)C1. The molecular formula is C16H24N2O. The summed E-state index contributed by atoms with van der Waals surface area (Å²) in [6, 6.07) is 6.08. The Kier molecular flexibility index (Phi) is 4.59. The molecule has 0 spiro atoms. The zero-order chi connectivity index (χ0) is 13.8. The quantitative estimate of drug-likeness (QED) is 0.877. The van der Waals surface area contributed by atoms with Gasteiger partial charge >= 0.3 is 0 Å². The van der Waals surface area contributed by atoms with Gasteiger partial charge in [-0.15, -0.1) is 0 Å². The molecule has 2 N–H and O–H groups in total. The van der Waals surface area contributed by atoms with E-state index in [2.05, 4.69) is 30.5 Å². The average Bonchev–Trinajstić information content (AvgIpc) is 2.42. The first-order valence-electron chi connectivity index (χ1n) is 7.21. The lowest BCUT2D eigenvalue weighted by molar-refractivity contribution is -0.119. The van der Waals surface area contributed by atoms with Crippen molar-refractivity contribution >= 4 is 11.6 Å². The third-order valence-corrected chi connectivity index (χ3v) is 4.05. The summed E-state index contributed by atoms with van der Waals surface area (Å²) in [7, 11) is 0. The zero-order valence-corrected chi connectivity index (χ0v) is 12.1. The molecule has 0 saturated carbocycles. The van der Waals surface area contributed by atoms with Crippen LogP contribution in [0.2, 0.25) is 0 Å². The number of benzene rings is 1. The van der Waals surface area contributed by atoms with Gasteiger partial charge < -0.3 is 10.6 Å². The number of amides is 1. The molecule has 1 saturated heterocycles. The van der Waals surface area contributed by atoms with Crippen LogP contribution in [0.15, 0.2) is 18.2 Å². The Balaban J connectivity index is 2.00. The Labute approximate surface area is 115 Å². The Hall–Kier alpha value is -1.35. The number of carbonyl (C=O) groups is 1. The van der Waals surface area contributed by atoms with Crippen molar-refractivity contribution in [1.29, 1.82) is 0 Å². The molecular weight excluding hydrogens is 236 g/mol. The minimum Gasteiger partial charge on any atom is -0.324 e. The second-order valence-corrected chi connectivity index (χ2v) is 5.61. The van der Waals surface area contributed by atoms with Gasteiger partial charge in [-0.1, -0.05) is 31.0 Å². The molecule has 19 heavy (non-hydrogen) atoms. The molecule has 1 amide bonds. The van der Waals surface area contributed by atoms with E-state index in [0.29, 0.717) is 5.92 Å². The van der Waals surface area contributed by atoms with Crippen LogP contribution in [0.1, 0.15) is 37.3 Å². The number of aryl methyl sites for hydroxylation is 2. The predicted octanol–water partition coefficient (Wildman–Crippen LogP) is 3.02. The Morgan fingerprint density at radius 1 is 1.42 bits per heavy atom. The predicted molar refractivity (Wildman–Crippen MR) is 79.4 cm³/mol. The molecule has 3 nitrogen and oxygen atoms in total. The lowest BCUT2D eigenvalue weighted by Gasteiger charge is -2.29. The molecule has 104 valence electrons. The topological polar surface area (TPSA) is 41.1 Å². The number of hydrogen-bond acceptors (Lipinski definition) is 2. The Bertz CT molecular complexity index is 456. The Morgan fingerprint density at radius 3 is 2.89 bits per heavy atom. The van der Waals surface area contributed by atoms with Crippen LogP contribution in [-0.4, -0.2) is 18.5 Å². The highest BCUT2D eigenvalue weighted by Crippen LogP contribution is 2.21. The standard InChI is InChI=1S/C16H24N2O/c1-4-13-7-8-17-15(10-13)16(19)18-14-6-5-11(2)9-12(14)3/h5-6,9,13,15,17H,4,7-8,10H2,1-3H3,(H,18,19). The molecule has 1 aromatic rings. The average molecular weight is 260 g/mol. The molecule has 2 unspecified atom stereocenters. The van der Waals surface area contributed by atoms with Crippen molar-refractivity contribution in [2.45, 2.75) is 46.1 Å². The van der Waals surface area contributed by atoms with Crippen LogP contribution in [0.4, 0.5) is 5.69 Å². The van der Waals surface area contributed by atoms with Crippen molar-refractivity contribution in [3.63, 3.8) is 0 Å². The van der Waals surface area contributed by atoms with Crippen LogP contribution in [0.25, 0.3) is 0 Å². The summed E-state index contributed by atoms with van der Waals surface area (Å²) in [5.41, 5.74) is 3.27. The minimum absolute atomic E-state index is 0.0422. The number of rotatable bonds is 3. The van der Waals surface area contributed by atoms with E-state index in [1.807, 2.05) is 19.1 Å². The highest BCUT2D eigenvalue weighted by atomic mass is 16.2. The number of piperidine rings is 1. The van der Waals surface area contributed by atoms with Gasteiger partial charge in [0, 0.05) is 5.69 Å². The van der Waals surface area contributed by atoms with Crippen molar-refractivity contribution in [1.82, 2.24) is 5.32 Å². The van der Waals surface area contributed by atoms with Crippen LogP contribution in [-0.2, 0) is 4.79 Å². The lowest BCUT2D eigenvalue weighted by atomic mass is 9.90. The maximum absolute atomic E-state index is 12.3. The summed E-state index contributed by atoms with van der Waals surface area (Å²) in [5.74, 6) is 0.779. The van der Waals surface area contributed by atoms with Gasteiger partial charge in [0.1, 0.15) is 0 Å². The Morgan fingerprint density at radius 2 is 2.21 bits per heavy atom. The van der Waals surface area contributed by atoms with Gasteiger partial charge in [0.25, 0.3) is 0 Å². The molecule has 2 rings (SSSR count). The third kappa shape index (κ3) is 3.57. The fraction of sp³-hybridized carbons (Fsp3) is 0.562. The monoisotopic (exact) mass is 260 g/mol. The van der Waals surface area contributed by atoms with Gasteiger partial charge in [0.15, 0.2) is 0 Å². The number of anilines is 1. The van der Waals surface area contributed by atoms with E-state index >= 15 is 0 Å². The van der Waals surface area contributed by atoms with E-state index < -0.39 is 0 Å². The van der Waals surface area contributed by atoms with Crippen LogP contribution < -0.4 is 10.6 Å². The highest BCUT2D eigenvalue weighted by molar-refractivity contribution is 5.95. The summed E-state index contributed by atoms with van der Waals surface area (Å²) >= 11 is 0. The maximum Gasteiger partial charge on any atom is 0.241 e. The van der Waals surface area contributed by atoms with E-state index in [0.717, 1.165) is 30.6 Å². The van der Waals surface area contributed by atoms with Crippen molar-refractivity contribution in [2.24, 2.45) is 5.92 Å². The first-order valence-corrected chi connectivity index (χ1v) is 7.21. The molecule has 1 aliphatic rings. The first-order chi connectivity index (χ1) is 9.10. The lowest BCUT2D eigenvalue weighted by Crippen LogP contribution is -2.46. The van der Waals surface area contributed by atoms with Crippen LogP contribution in [0.3, 0.4) is 0 Å². The molecule has 1 fully saturated rings. The van der Waals surface area contributed by atoms with Gasteiger partial charge in [-0.3, -0.25) is 4.79 Å². The second kappa shape index (κ2) is 6.20. The van der Waals surface area contributed by atoms with Gasteiger partial charge in [0.05, 0.1) is 6.04 Å². The van der Waals surface area contributed by atoms with E-state index in [9.17, 15) is 4.79 Å². The van der Waals surface area contributed by atoms with Crippen molar-refractivity contribution in [2.75, 3.05) is 11.9 Å². The van der Waals surface area contributed by atoms with Gasteiger partial charge in [-0.25, -0.2) is 0 Å². The summed E-state index contributed by atoms with van der Waals surface area (Å²) in [6.07, 6.45) is 3.30. The maximum atomic E-state index is 12.3. The molecule has 0 aliphatic carbocycles. The van der Waals surface area contributed by atoms with Crippen molar-refractivity contribution < 1.29 is 4.79 Å². The van der Waals surface area contributed by atoms with Gasteiger partial charge in [-0.2, -0.15) is 0 Å². The zero-order valence-electron chi connectivity index (χ0n) is 12.1. The van der Waals surface area contributed by atoms with E-state index in [1.165, 1.54) is 12.0 Å². The molecule has 1 aliphatic heterocycles. The fourth-order valence-corrected chi connectivity index (χ4v) is 2.74. The van der Waals surface area contributed by atoms with Gasteiger partial charge in [-0.05, 0) is 50.8 Å². The number of carbonyl (C=O) groups excluding carboxylic acids is 1. The van der Waals surface area contributed by atoms with E-state index in [1.54, 1.807) is 0 Å². The van der Waals surface area contributed by atoms with Crippen LogP contribution in [0, 0.1) is 19.8 Å². The molecule has 1 aromatic carbocycles. The summed E-state index contributed by atoms with van der Waals surface area (Å²) < 4.78 is 0. The van der Waals surface area contributed by atoms with Crippen molar-refractivity contribution in [3.8, 4) is 0 Å². The van der Waals surface area contributed by atoms with Crippen LogP contribution >= 0.6 is 0 Å². The molecule has 3 heteroatoms. The van der Waals surface area contributed by atoms with E-state index in [-0.39, 0.29) is 11.9 Å². The summed E-state index contributed by atoms with van der Waals surface area (Å²) in [5, 5.41) is 6.37.